The highest BCUT2D eigenvalue weighted by atomic mass is 16.2. The van der Waals surface area contributed by atoms with Crippen molar-refractivity contribution in [3.63, 3.8) is 0 Å². The summed E-state index contributed by atoms with van der Waals surface area (Å²) >= 11 is 0. The van der Waals surface area contributed by atoms with Crippen LogP contribution in [0.2, 0.25) is 0 Å². The number of nitrogens with two attached hydrogens (primary N) is 1. The highest BCUT2D eigenvalue weighted by Crippen LogP contribution is 2.20. The molecule has 4 heteroatoms. The average Bonchev–Trinajstić information content (AvgIpc) is 2.37. The summed E-state index contributed by atoms with van der Waals surface area (Å²) in [5, 5.41) is 0. The van der Waals surface area contributed by atoms with Gasteiger partial charge in [-0.25, -0.2) is 0 Å². The summed E-state index contributed by atoms with van der Waals surface area (Å²) in [4.78, 5) is 16.8. The van der Waals surface area contributed by atoms with Gasteiger partial charge in [0.15, 0.2) is 0 Å². The molecule has 0 aromatic carbocycles. The Labute approximate surface area is 118 Å². The smallest absolute Gasteiger partial charge is 0.240 e. The highest BCUT2D eigenvalue weighted by molar-refractivity contribution is 5.82. The molecule has 0 bridgehead atoms. The summed E-state index contributed by atoms with van der Waals surface area (Å²) in [5.74, 6) is 0.342. The Balaban J connectivity index is 2.69. The summed E-state index contributed by atoms with van der Waals surface area (Å²) < 4.78 is 0. The molecule has 1 heterocycles. The second kappa shape index (κ2) is 7.25. The molecule has 1 saturated heterocycles. The molecule has 4 nitrogen and oxygen atoms in total. The number of rotatable bonds is 5. The molecule has 0 unspecified atom stereocenters. The van der Waals surface area contributed by atoms with Crippen LogP contribution in [0.3, 0.4) is 0 Å². The van der Waals surface area contributed by atoms with E-state index in [2.05, 4.69) is 25.8 Å². The van der Waals surface area contributed by atoms with E-state index >= 15 is 0 Å². The molecule has 1 rings (SSSR count). The summed E-state index contributed by atoms with van der Waals surface area (Å²) in [6, 6.07) is 0.487. The Hall–Kier alpha value is -0.610. The topological polar surface area (TPSA) is 49.6 Å². The van der Waals surface area contributed by atoms with E-state index in [0.29, 0.717) is 12.1 Å². The zero-order valence-electron chi connectivity index (χ0n) is 13.2. The highest BCUT2D eigenvalue weighted by Gasteiger charge is 2.31. The first-order valence-corrected chi connectivity index (χ1v) is 7.61. The molecule has 2 atom stereocenters. The monoisotopic (exact) mass is 269 g/mol. The predicted octanol–water partition coefficient (Wildman–Crippen LogP) is 1.69. The minimum absolute atomic E-state index is 0.136. The van der Waals surface area contributed by atoms with Crippen LogP contribution in [0.5, 0.6) is 0 Å². The maximum absolute atomic E-state index is 12.5. The summed E-state index contributed by atoms with van der Waals surface area (Å²) in [6.45, 7) is 10.2. The first-order chi connectivity index (χ1) is 8.84. The molecule has 0 spiro atoms. The molecule has 2 N–H and O–H groups in total. The van der Waals surface area contributed by atoms with Gasteiger partial charge in [0.05, 0.1) is 6.04 Å². The van der Waals surface area contributed by atoms with Gasteiger partial charge in [-0.3, -0.25) is 4.79 Å². The second-order valence-electron chi connectivity index (χ2n) is 6.48. The van der Waals surface area contributed by atoms with Crippen molar-refractivity contribution in [2.75, 3.05) is 20.1 Å². The molecule has 0 aromatic rings. The fourth-order valence-electron chi connectivity index (χ4n) is 2.50. The van der Waals surface area contributed by atoms with Crippen LogP contribution in [0.15, 0.2) is 0 Å². The van der Waals surface area contributed by atoms with Gasteiger partial charge in [-0.15, -0.1) is 0 Å². The number of hydrogen-bond donors (Lipinski definition) is 1. The standard InChI is InChI=1S/C15H31N3O/c1-11(2)14(16)15(19)18-9-7-6-8-13(18)10-17(5)12(3)4/h11-14H,6-10,16H2,1-5H3/t13-,14+/m1/s1. The Kier molecular flexibility index (Phi) is 6.27. The number of amides is 1. The molecular weight excluding hydrogens is 238 g/mol. The minimum atomic E-state index is -0.357. The van der Waals surface area contributed by atoms with Gasteiger partial charge < -0.3 is 15.5 Å². The van der Waals surface area contributed by atoms with Crippen LogP contribution >= 0.6 is 0 Å². The van der Waals surface area contributed by atoms with E-state index in [1.165, 1.54) is 6.42 Å². The van der Waals surface area contributed by atoms with E-state index in [1.54, 1.807) is 0 Å². The summed E-state index contributed by atoms with van der Waals surface area (Å²) in [6.07, 6.45) is 3.43. The van der Waals surface area contributed by atoms with Gasteiger partial charge in [-0.1, -0.05) is 13.8 Å². The van der Waals surface area contributed by atoms with Crippen LogP contribution in [0.25, 0.3) is 0 Å². The summed E-state index contributed by atoms with van der Waals surface area (Å²) in [7, 11) is 2.13. The van der Waals surface area contributed by atoms with Crippen molar-refractivity contribution in [3.05, 3.63) is 0 Å². The van der Waals surface area contributed by atoms with E-state index in [-0.39, 0.29) is 17.9 Å². The van der Waals surface area contributed by atoms with Crippen LogP contribution in [-0.4, -0.2) is 54.0 Å². The lowest BCUT2D eigenvalue weighted by Gasteiger charge is -2.40. The number of carbonyl (C=O) groups is 1. The van der Waals surface area contributed by atoms with Gasteiger partial charge in [-0.2, -0.15) is 0 Å². The van der Waals surface area contributed by atoms with Gasteiger partial charge in [0.25, 0.3) is 0 Å². The number of nitrogens with zero attached hydrogens (tertiary/aromatic N) is 2. The number of carbonyl (C=O) groups excluding carboxylic acids is 1. The van der Waals surface area contributed by atoms with Crippen molar-refractivity contribution in [2.45, 2.75) is 65.1 Å². The van der Waals surface area contributed by atoms with Crippen molar-refractivity contribution in [1.29, 1.82) is 0 Å². The molecule has 0 radical (unpaired) electrons. The van der Waals surface area contributed by atoms with Gasteiger partial charge in [0, 0.05) is 25.2 Å². The number of hydrogen-bond acceptors (Lipinski definition) is 3. The maximum atomic E-state index is 12.5. The molecule has 19 heavy (non-hydrogen) atoms. The molecule has 112 valence electrons. The lowest BCUT2D eigenvalue weighted by molar-refractivity contribution is -0.137. The Bertz CT molecular complexity index is 291. The molecule has 0 aliphatic carbocycles. The van der Waals surface area contributed by atoms with Crippen molar-refractivity contribution in [3.8, 4) is 0 Å². The van der Waals surface area contributed by atoms with E-state index in [0.717, 1.165) is 25.9 Å². The Morgan fingerprint density at radius 1 is 1.32 bits per heavy atom. The molecule has 1 amide bonds. The van der Waals surface area contributed by atoms with Gasteiger partial charge in [0.2, 0.25) is 5.91 Å². The maximum Gasteiger partial charge on any atom is 0.240 e. The first kappa shape index (κ1) is 16.4. The lowest BCUT2D eigenvalue weighted by Crippen LogP contribution is -2.55. The lowest BCUT2D eigenvalue weighted by atomic mass is 9.97. The van der Waals surface area contributed by atoms with Gasteiger partial charge >= 0.3 is 0 Å². The number of likely N-dealkylation sites (N-methyl/N-ethyl adjacent to an activating group) is 1. The third-order valence-electron chi connectivity index (χ3n) is 4.29. The normalized spacial score (nSPS) is 22.4. The van der Waals surface area contributed by atoms with E-state index < -0.39 is 0 Å². The fraction of sp³-hybridized carbons (Fsp3) is 0.933. The third-order valence-corrected chi connectivity index (χ3v) is 4.29. The van der Waals surface area contributed by atoms with Gasteiger partial charge in [0.1, 0.15) is 0 Å². The van der Waals surface area contributed by atoms with Crippen LogP contribution < -0.4 is 5.73 Å². The molecular formula is C15H31N3O. The Morgan fingerprint density at radius 2 is 1.95 bits per heavy atom. The number of likely N-dealkylation sites (tertiary alicyclic amines) is 1. The van der Waals surface area contributed by atoms with Gasteiger partial charge in [-0.05, 0) is 46.1 Å². The van der Waals surface area contributed by atoms with Crippen LogP contribution in [-0.2, 0) is 4.79 Å². The molecule has 1 fully saturated rings. The average molecular weight is 269 g/mol. The quantitative estimate of drug-likeness (QED) is 0.826. The zero-order valence-corrected chi connectivity index (χ0v) is 13.2. The molecule has 0 saturated carbocycles. The SMILES string of the molecule is CC(C)[C@H](N)C(=O)N1CCCC[C@@H]1CN(C)C(C)C. The van der Waals surface area contributed by atoms with Crippen molar-refractivity contribution in [1.82, 2.24) is 9.80 Å². The largest absolute Gasteiger partial charge is 0.337 e. The van der Waals surface area contributed by atoms with Crippen LogP contribution in [0.1, 0.15) is 47.0 Å². The Morgan fingerprint density at radius 3 is 2.47 bits per heavy atom. The summed E-state index contributed by atoms with van der Waals surface area (Å²) in [5.41, 5.74) is 6.04. The zero-order chi connectivity index (χ0) is 14.6. The fourth-order valence-corrected chi connectivity index (χ4v) is 2.50. The van der Waals surface area contributed by atoms with Crippen LogP contribution in [0.4, 0.5) is 0 Å². The van der Waals surface area contributed by atoms with E-state index in [4.69, 9.17) is 5.73 Å². The molecule has 1 aliphatic heterocycles. The minimum Gasteiger partial charge on any atom is -0.337 e. The number of piperidine rings is 1. The second-order valence-corrected chi connectivity index (χ2v) is 6.48. The molecule has 1 aliphatic rings. The van der Waals surface area contributed by atoms with Crippen molar-refractivity contribution in [2.24, 2.45) is 11.7 Å². The van der Waals surface area contributed by atoms with Crippen molar-refractivity contribution >= 4 is 5.91 Å². The van der Waals surface area contributed by atoms with E-state index in [9.17, 15) is 4.79 Å². The molecule has 0 aromatic heterocycles. The third kappa shape index (κ3) is 4.46. The van der Waals surface area contributed by atoms with Crippen molar-refractivity contribution < 1.29 is 4.79 Å². The van der Waals surface area contributed by atoms with Crippen LogP contribution in [0, 0.1) is 5.92 Å². The predicted molar refractivity (Wildman–Crippen MR) is 79.9 cm³/mol. The van der Waals surface area contributed by atoms with E-state index in [1.807, 2.05) is 18.7 Å². The first-order valence-electron chi connectivity index (χ1n) is 7.61.